The van der Waals surface area contributed by atoms with Gasteiger partial charge >= 0.3 is 0 Å². The zero-order valence-electron chi connectivity index (χ0n) is 12.3. The highest BCUT2D eigenvalue weighted by Gasteiger charge is 2.47. The van der Waals surface area contributed by atoms with E-state index in [-0.39, 0.29) is 11.4 Å². The Labute approximate surface area is 140 Å². The molecular formula is C16H11ClF2N2O3. The maximum atomic E-state index is 13.2. The number of fused-ring (bicyclic) bond motifs is 1. The van der Waals surface area contributed by atoms with Crippen molar-refractivity contribution in [3.63, 3.8) is 0 Å². The van der Waals surface area contributed by atoms with Crippen molar-refractivity contribution in [2.45, 2.75) is 12.5 Å². The van der Waals surface area contributed by atoms with Crippen LogP contribution in [0.25, 0.3) is 0 Å². The van der Waals surface area contributed by atoms with Crippen LogP contribution < -0.4 is 15.4 Å². The van der Waals surface area contributed by atoms with Crippen LogP contribution in [0.3, 0.4) is 0 Å². The standard InChI is InChI=1S/C16H11ClF2N2O3/c1-16(14(22)20-9-3-4-10(18)11(19)7-9)15(23)21-12-6-8(17)2-5-13(12)24-16/h2-7H,1H3,(H,20,22)(H,21,23). The third-order valence-corrected chi connectivity index (χ3v) is 3.78. The number of amides is 2. The molecule has 3 rings (SSSR count). The van der Waals surface area contributed by atoms with Crippen molar-refractivity contribution in [3.05, 3.63) is 53.1 Å². The molecule has 0 radical (unpaired) electrons. The molecule has 8 heteroatoms. The largest absolute Gasteiger partial charge is 0.466 e. The number of carbonyl (C=O) groups excluding carboxylic acids is 2. The molecule has 0 bridgehead atoms. The van der Waals surface area contributed by atoms with Gasteiger partial charge in [-0.25, -0.2) is 8.78 Å². The monoisotopic (exact) mass is 352 g/mol. The van der Waals surface area contributed by atoms with E-state index in [9.17, 15) is 18.4 Å². The Morgan fingerprint density at radius 3 is 2.67 bits per heavy atom. The molecule has 124 valence electrons. The summed E-state index contributed by atoms with van der Waals surface area (Å²) in [7, 11) is 0. The smallest absolute Gasteiger partial charge is 0.278 e. The van der Waals surface area contributed by atoms with Gasteiger partial charge in [0.2, 0.25) is 0 Å². The molecule has 0 saturated heterocycles. The minimum absolute atomic E-state index is 0.00146. The molecule has 2 aromatic rings. The molecule has 0 saturated carbocycles. The number of rotatable bonds is 2. The second kappa shape index (κ2) is 5.76. The van der Waals surface area contributed by atoms with Gasteiger partial charge in [0.25, 0.3) is 17.4 Å². The topological polar surface area (TPSA) is 67.4 Å². The van der Waals surface area contributed by atoms with Crippen molar-refractivity contribution in [3.8, 4) is 5.75 Å². The van der Waals surface area contributed by atoms with E-state index < -0.39 is 29.0 Å². The Bertz CT molecular complexity index is 859. The van der Waals surface area contributed by atoms with Gasteiger partial charge < -0.3 is 15.4 Å². The summed E-state index contributed by atoms with van der Waals surface area (Å²) in [6.07, 6.45) is 0. The lowest BCUT2D eigenvalue weighted by molar-refractivity contribution is -0.143. The lowest BCUT2D eigenvalue weighted by atomic mass is 10.0. The molecule has 24 heavy (non-hydrogen) atoms. The maximum Gasteiger partial charge on any atom is 0.278 e. The van der Waals surface area contributed by atoms with E-state index >= 15 is 0 Å². The molecule has 0 aliphatic carbocycles. The van der Waals surface area contributed by atoms with Crippen molar-refractivity contribution < 1.29 is 23.1 Å². The lowest BCUT2D eigenvalue weighted by Gasteiger charge is -2.33. The summed E-state index contributed by atoms with van der Waals surface area (Å²) in [6.45, 7) is 1.27. The van der Waals surface area contributed by atoms with Gasteiger partial charge in [0.1, 0.15) is 5.75 Å². The van der Waals surface area contributed by atoms with E-state index in [1.54, 1.807) is 6.07 Å². The van der Waals surface area contributed by atoms with Gasteiger partial charge in [0.15, 0.2) is 11.6 Å². The van der Waals surface area contributed by atoms with Gasteiger partial charge in [0.05, 0.1) is 5.69 Å². The van der Waals surface area contributed by atoms with Gasteiger partial charge in [-0.2, -0.15) is 0 Å². The van der Waals surface area contributed by atoms with E-state index in [1.807, 2.05) is 0 Å². The van der Waals surface area contributed by atoms with Gasteiger partial charge in [-0.15, -0.1) is 0 Å². The predicted molar refractivity (Wildman–Crippen MR) is 84.1 cm³/mol. The minimum Gasteiger partial charge on any atom is -0.466 e. The Balaban J connectivity index is 1.87. The van der Waals surface area contributed by atoms with Crippen LogP contribution in [0.4, 0.5) is 20.2 Å². The van der Waals surface area contributed by atoms with Crippen LogP contribution in [-0.4, -0.2) is 17.4 Å². The van der Waals surface area contributed by atoms with E-state index in [2.05, 4.69) is 10.6 Å². The van der Waals surface area contributed by atoms with Gasteiger partial charge in [-0.3, -0.25) is 9.59 Å². The van der Waals surface area contributed by atoms with Crippen molar-refractivity contribution >= 4 is 34.8 Å². The quantitative estimate of drug-likeness (QED) is 0.814. The Kier molecular flexibility index (Phi) is 3.88. The second-order valence-electron chi connectivity index (χ2n) is 5.31. The summed E-state index contributed by atoms with van der Waals surface area (Å²) in [5.74, 6) is -3.44. The molecule has 0 aromatic heterocycles. The third-order valence-electron chi connectivity index (χ3n) is 3.55. The Morgan fingerprint density at radius 1 is 1.21 bits per heavy atom. The Hall–Kier alpha value is -2.67. The summed E-state index contributed by atoms with van der Waals surface area (Å²) >= 11 is 5.84. The Morgan fingerprint density at radius 2 is 1.96 bits per heavy atom. The summed E-state index contributed by atoms with van der Waals surface area (Å²) < 4.78 is 31.7. The van der Waals surface area contributed by atoms with E-state index in [0.717, 1.165) is 12.1 Å². The fourth-order valence-electron chi connectivity index (χ4n) is 2.17. The number of halogens is 3. The van der Waals surface area contributed by atoms with Crippen molar-refractivity contribution in [2.75, 3.05) is 10.6 Å². The average Bonchev–Trinajstić information content (AvgIpc) is 2.52. The number of hydrogen-bond acceptors (Lipinski definition) is 3. The number of nitrogens with one attached hydrogen (secondary N) is 2. The molecular weight excluding hydrogens is 342 g/mol. The number of benzene rings is 2. The van der Waals surface area contributed by atoms with Gasteiger partial charge in [0, 0.05) is 16.8 Å². The molecule has 1 unspecified atom stereocenters. The van der Waals surface area contributed by atoms with Crippen LogP contribution in [-0.2, 0) is 9.59 Å². The summed E-state index contributed by atoms with van der Waals surface area (Å²) in [5, 5.41) is 5.27. The summed E-state index contributed by atoms with van der Waals surface area (Å²) in [6, 6.07) is 7.40. The van der Waals surface area contributed by atoms with E-state index in [1.165, 1.54) is 25.1 Å². The molecule has 0 spiro atoms. The molecule has 1 atom stereocenters. The number of anilines is 2. The third kappa shape index (κ3) is 2.78. The van der Waals surface area contributed by atoms with Crippen LogP contribution in [0, 0.1) is 11.6 Å². The number of carbonyl (C=O) groups is 2. The van der Waals surface area contributed by atoms with Crippen LogP contribution >= 0.6 is 11.6 Å². The summed E-state index contributed by atoms with van der Waals surface area (Å²) in [4.78, 5) is 24.7. The first-order valence-electron chi connectivity index (χ1n) is 6.86. The zero-order valence-corrected chi connectivity index (χ0v) is 13.1. The van der Waals surface area contributed by atoms with Crippen molar-refractivity contribution in [2.24, 2.45) is 0 Å². The molecule has 1 aliphatic heterocycles. The first-order chi connectivity index (χ1) is 11.3. The molecule has 2 aromatic carbocycles. The van der Waals surface area contributed by atoms with Gasteiger partial charge in [-0.05, 0) is 37.3 Å². The number of ether oxygens (including phenoxy) is 1. The lowest BCUT2D eigenvalue weighted by Crippen LogP contribution is -2.56. The maximum absolute atomic E-state index is 13.2. The fourth-order valence-corrected chi connectivity index (χ4v) is 2.34. The molecule has 1 aliphatic rings. The molecule has 2 amide bonds. The second-order valence-corrected chi connectivity index (χ2v) is 5.75. The van der Waals surface area contributed by atoms with E-state index in [0.29, 0.717) is 10.7 Å². The fraction of sp³-hybridized carbons (Fsp3) is 0.125. The highest BCUT2D eigenvalue weighted by atomic mass is 35.5. The minimum atomic E-state index is -1.88. The summed E-state index contributed by atoms with van der Waals surface area (Å²) in [5.41, 5.74) is -1.55. The van der Waals surface area contributed by atoms with Crippen LogP contribution in [0.1, 0.15) is 6.92 Å². The van der Waals surface area contributed by atoms with Crippen LogP contribution in [0.2, 0.25) is 5.02 Å². The molecule has 5 nitrogen and oxygen atoms in total. The van der Waals surface area contributed by atoms with Crippen LogP contribution in [0.15, 0.2) is 36.4 Å². The molecule has 1 heterocycles. The zero-order chi connectivity index (χ0) is 17.5. The van der Waals surface area contributed by atoms with Crippen molar-refractivity contribution in [1.82, 2.24) is 0 Å². The van der Waals surface area contributed by atoms with Crippen LogP contribution in [0.5, 0.6) is 5.75 Å². The molecule has 0 fully saturated rings. The first kappa shape index (κ1) is 16.2. The van der Waals surface area contributed by atoms with Gasteiger partial charge in [-0.1, -0.05) is 11.6 Å². The predicted octanol–water partition coefficient (Wildman–Crippen LogP) is 3.35. The highest BCUT2D eigenvalue weighted by molar-refractivity contribution is 6.31. The SMILES string of the molecule is CC1(C(=O)Nc2ccc(F)c(F)c2)Oc2ccc(Cl)cc2NC1=O. The molecule has 2 N–H and O–H groups in total. The normalized spacial score (nSPS) is 19.1. The average molecular weight is 353 g/mol. The van der Waals surface area contributed by atoms with E-state index in [4.69, 9.17) is 16.3 Å². The first-order valence-corrected chi connectivity index (χ1v) is 7.24. The number of hydrogen-bond donors (Lipinski definition) is 2. The van der Waals surface area contributed by atoms with Crippen molar-refractivity contribution in [1.29, 1.82) is 0 Å². The highest BCUT2D eigenvalue weighted by Crippen LogP contribution is 2.36.